The zero-order valence-electron chi connectivity index (χ0n) is 21.9. The molecule has 0 saturated heterocycles. The van der Waals surface area contributed by atoms with E-state index in [1.165, 1.54) is 0 Å². The largest absolute Gasteiger partial charge is 0.495 e. The Balaban J connectivity index is 1.51. The van der Waals surface area contributed by atoms with Gasteiger partial charge in [0.25, 0.3) is 0 Å². The van der Waals surface area contributed by atoms with Gasteiger partial charge in [-0.3, -0.25) is 0 Å². The number of aliphatic imine (C=N–C) groups is 2. The number of fused-ring (bicyclic) bond motifs is 4. The van der Waals surface area contributed by atoms with Gasteiger partial charge in [-0.05, 0) is 61.0 Å². The zero-order valence-corrected chi connectivity index (χ0v) is 23.5. The Bertz CT molecular complexity index is 1810. The summed E-state index contributed by atoms with van der Waals surface area (Å²) < 4.78 is 8.58. The lowest BCUT2D eigenvalue weighted by atomic mass is 9.93. The lowest BCUT2D eigenvalue weighted by Gasteiger charge is -2.40. The van der Waals surface area contributed by atoms with Crippen molar-refractivity contribution >= 4 is 50.5 Å². The molecular weight excluding hydrogens is 564 g/mol. The van der Waals surface area contributed by atoms with Crippen LogP contribution >= 0.6 is 15.9 Å². The number of hydrogen-bond donors (Lipinski definition) is 1. The van der Waals surface area contributed by atoms with E-state index in [0.717, 1.165) is 55.6 Å². The predicted octanol–water partition coefficient (Wildman–Crippen LogP) is 7.75. The van der Waals surface area contributed by atoms with Gasteiger partial charge in [-0.25, -0.2) is 14.7 Å². The van der Waals surface area contributed by atoms with Crippen molar-refractivity contribution in [2.45, 2.75) is 13.0 Å². The molecular formula is C32H25BrN6O. The van der Waals surface area contributed by atoms with Gasteiger partial charge in [0.1, 0.15) is 5.75 Å². The maximum atomic E-state index is 5.64. The normalized spacial score (nSPS) is 15.4. The number of rotatable bonds is 4. The van der Waals surface area contributed by atoms with E-state index < -0.39 is 0 Å². The van der Waals surface area contributed by atoms with Crippen LogP contribution in [0, 0.1) is 6.92 Å². The van der Waals surface area contributed by atoms with Crippen molar-refractivity contribution < 1.29 is 4.74 Å². The Morgan fingerprint density at radius 3 is 2.45 bits per heavy atom. The van der Waals surface area contributed by atoms with Gasteiger partial charge in [0.2, 0.25) is 0 Å². The number of benzene rings is 4. The standard InChI is InChI=1S/C32H25BrN6O/c1-20-28-29(21-11-10-12-22(33)19-21)38-26-17-8-6-15-24(26)34-30(35-25-16-7-9-18-27(25)40-2)32(38)36-31(28)39(37-20)23-13-4-3-5-14-23/h3-19,29H,1-2H3,(H,34,35)/t29-/m0/s1. The van der Waals surface area contributed by atoms with Crippen molar-refractivity contribution in [3.63, 3.8) is 0 Å². The Hall–Kier alpha value is -4.69. The Kier molecular flexibility index (Phi) is 5.97. The van der Waals surface area contributed by atoms with Gasteiger partial charge in [-0.1, -0.05) is 70.5 Å². The number of amidine groups is 2. The molecule has 0 aliphatic carbocycles. The Morgan fingerprint density at radius 2 is 1.62 bits per heavy atom. The molecule has 2 aliphatic heterocycles. The summed E-state index contributed by atoms with van der Waals surface area (Å²) in [5.74, 6) is 2.85. The highest BCUT2D eigenvalue weighted by atomic mass is 79.9. The first-order chi connectivity index (χ1) is 19.6. The third-order valence-corrected chi connectivity index (χ3v) is 7.66. The molecule has 1 atom stereocenters. The van der Waals surface area contributed by atoms with Gasteiger partial charge in [0.15, 0.2) is 17.5 Å². The minimum absolute atomic E-state index is 0.191. The van der Waals surface area contributed by atoms with Crippen LogP contribution in [0.4, 0.5) is 22.9 Å². The van der Waals surface area contributed by atoms with Crippen LogP contribution in [0.25, 0.3) is 5.69 Å². The van der Waals surface area contributed by atoms with Gasteiger partial charge < -0.3 is 15.0 Å². The van der Waals surface area contributed by atoms with Crippen molar-refractivity contribution in [1.82, 2.24) is 9.78 Å². The summed E-state index contributed by atoms with van der Waals surface area (Å²) in [7, 11) is 1.67. The molecule has 1 N–H and O–H groups in total. The molecule has 4 aromatic carbocycles. The summed E-state index contributed by atoms with van der Waals surface area (Å²) in [6, 6.07) is 34.4. The molecule has 2 aliphatic rings. The molecule has 7 nitrogen and oxygen atoms in total. The maximum absolute atomic E-state index is 5.64. The molecule has 1 aromatic heterocycles. The molecule has 7 rings (SSSR count). The highest BCUT2D eigenvalue weighted by molar-refractivity contribution is 9.10. The second-order valence-electron chi connectivity index (χ2n) is 9.61. The number of hydrogen-bond acceptors (Lipinski definition) is 6. The van der Waals surface area contributed by atoms with E-state index in [-0.39, 0.29) is 6.04 Å². The first kappa shape index (κ1) is 24.4. The third kappa shape index (κ3) is 3.99. The van der Waals surface area contributed by atoms with Gasteiger partial charge in [-0.15, -0.1) is 0 Å². The molecule has 0 radical (unpaired) electrons. The van der Waals surface area contributed by atoms with Crippen molar-refractivity contribution in [3.05, 3.63) is 124 Å². The molecule has 8 heteroatoms. The average molecular weight is 589 g/mol. The van der Waals surface area contributed by atoms with Crippen LogP contribution in [0.2, 0.25) is 0 Å². The second kappa shape index (κ2) is 9.81. The molecule has 0 amide bonds. The van der Waals surface area contributed by atoms with E-state index in [1.54, 1.807) is 7.11 Å². The highest BCUT2D eigenvalue weighted by Gasteiger charge is 2.41. The number of methoxy groups -OCH3 is 1. The molecule has 3 heterocycles. The SMILES string of the molecule is COc1ccccc1NC1=Nc2ccccc2N2C1=Nc1c(c(C)nn1-c1ccccc1)[C@@H]2c1cccc(Br)c1. The summed E-state index contributed by atoms with van der Waals surface area (Å²) in [4.78, 5) is 12.6. The quantitative estimate of drug-likeness (QED) is 0.233. The number of aromatic nitrogens is 2. The lowest BCUT2D eigenvalue weighted by molar-refractivity contribution is 0.417. The Labute approximate surface area is 240 Å². The van der Waals surface area contributed by atoms with Crippen LogP contribution in [0.1, 0.15) is 22.9 Å². The first-order valence-electron chi connectivity index (χ1n) is 13.0. The summed E-state index contributed by atoms with van der Waals surface area (Å²) in [6.07, 6.45) is 0. The van der Waals surface area contributed by atoms with Crippen LogP contribution in [0.5, 0.6) is 5.75 Å². The van der Waals surface area contributed by atoms with Crippen LogP contribution in [-0.2, 0) is 0 Å². The van der Waals surface area contributed by atoms with Gasteiger partial charge >= 0.3 is 0 Å². The van der Waals surface area contributed by atoms with E-state index in [2.05, 4.69) is 57.3 Å². The topological polar surface area (TPSA) is 67.0 Å². The number of anilines is 2. The summed E-state index contributed by atoms with van der Waals surface area (Å²) >= 11 is 3.70. The molecule has 196 valence electrons. The fraction of sp³-hybridized carbons (Fsp3) is 0.0938. The van der Waals surface area contributed by atoms with Crippen molar-refractivity contribution in [2.75, 3.05) is 17.3 Å². The van der Waals surface area contributed by atoms with E-state index in [4.69, 9.17) is 19.8 Å². The van der Waals surface area contributed by atoms with Gasteiger partial charge in [0.05, 0.1) is 41.6 Å². The van der Waals surface area contributed by atoms with Crippen LogP contribution in [-0.4, -0.2) is 28.6 Å². The molecule has 0 saturated carbocycles. The number of aryl methyl sites for hydroxylation is 1. The monoisotopic (exact) mass is 588 g/mol. The maximum Gasteiger partial charge on any atom is 0.179 e. The fourth-order valence-electron chi connectivity index (χ4n) is 5.41. The summed E-state index contributed by atoms with van der Waals surface area (Å²) in [5, 5.41) is 8.54. The minimum atomic E-state index is -0.191. The smallest absolute Gasteiger partial charge is 0.179 e. The third-order valence-electron chi connectivity index (χ3n) is 7.16. The number of nitrogens with zero attached hydrogens (tertiary/aromatic N) is 5. The molecule has 0 unspecified atom stereocenters. The number of ether oxygens (including phenoxy) is 1. The van der Waals surface area contributed by atoms with Gasteiger partial charge in [-0.2, -0.15) is 5.10 Å². The van der Waals surface area contributed by atoms with E-state index in [9.17, 15) is 0 Å². The van der Waals surface area contributed by atoms with Gasteiger partial charge in [0, 0.05) is 10.0 Å². The molecule has 0 bridgehead atoms. The van der Waals surface area contributed by atoms with E-state index >= 15 is 0 Å². The molecule has 40 heavy (non-hydrogen) atoms. The average Bonchev–Trinajstić information content (AvgIpc) is 3.32. The van der Waals surface area contributed by atoms with Crippen molar-refractivity contribution in [1.29, 1.82) is 0 Å². The number of para-hydroxylation sites is 5. The first-order valence-corrected chi connectivity index (χ1v) is 13.8. The predicted molar refractivity (Wildman–Crippen MR) is 164 cm³/mol. The second-order valence-corrected chi connectivity index (χ2v) is 10.5. The van der Waals surface area contributed by atoms with E-state index in [0.29, 0.717) is 11.7 Å². The minimum Gasteiger partial charge on any atom is -0.495 e. The fourth-order valence-corrected chi connectivity index (χ4v) is 5.83. The van der Waals surface area contributed by atoms with E-state index in [1.807, 2.05) is 83.5 Å². The zero-order chi connectivity index (χ0) is 27.2. The molecule has 0 fully saturated rings. The molecule has 0 spiro atoms. The van der Waals surface area contributed by atoms with Crippen LogP contribution in [0.15, 0.2) is 118 Å². The Morgan fingerprint density at radius 1 is 0.850 bits per heavy atom. The number of halogens is 1. The summed E-state index contributed by atoms with van der Waals surface area (Å²) in [5.41, 5.74) is 6.69. The highest BCUT2D eigenvalue weighted by Crippen LogP contribution is 2.48. The summed E-state index contributed by atoms with van der Waals surface area (Å²) in [6.45, 7) is 2.06. The van der Waals surface area contributed by atoms with Crippen LogP contribution < -0.4 is 15.0 Å². The van der Waals surface area contributed by atoms with Crippen LogP contribution in [0.3, 0.4) is 0 Å². The molecule has 5 aromatic rings. The lowest BCUT2D eigenvalue weighted by Crippen LogP contribution is -2.46. The van der Waals surface area contributed by atoms with Crippen molar-refractivity contribution in [3.8, 4) is 11.4 Å². The number of nitrogens with one attached hydrogen (secondary N) is 1. The van der Waals surface area contributed by atoms with Crippen molar-refractivity contribution in [2.24, 2.45) is 9.98 Å².